The third-order valence-electron chi connectivity index (χ3n) is 6.56. The SMILES string of the molecule is c1cncc(-c2cccc(-c3ccc(-c4oc5ccccc5c5nc6ccccc6c4-5)cc3)c2)c1. The lowest BCUT2D eigenvalue weighted by Gasteiger charge is -2.12. The predicted octanol–water partition coefficient (Wildman–Crippen LogP) is 8.48. The minimum Gasteiger partial charge on any atom is -0.455 e. The third kappa shape index (κ3) is 3.29. The molecule has 0 amide bonds. The van der Waals surface area contributed by atoms with Crippen LogP contribution in [0.4, 0.5) is 0 Å². The average molecular weight is 449 g/mol. The average Bonchev–Trinajstić information content (AvgIpc) is 3.33. The van der Waals surface area contributed by atoms with E-state index in [0.717, 1.165) is 61.1 Å². The summed E-state index contributed by atoms with van der Waals surface area (Å²) in [6.07, 6.45) is 3.69. The largest absolute Gasteiger partial charge is 0.455 e. The molecule has 3 heterocycles. The molecule has 0 saturated heterocycles. The molecule has 1 aromatic heterocycles. The molecule has 0 unspecified atom stereocenters. The molecule has 4 aromatic carbocycles. The monoisotopic (exact) mass is 448 g/mol. The van der Waals surface area contributed by atoms with Crippen LogP contribution in [0.25, 0.3) is 66.7 Å². The van der Waals surface area contributed by atoms with Crippen molar-refractivity contribution >= 4 is 21.9 Å². The number of aromatic nitrogens is 2. The maximum absolute atomic E-state index is 6.50. The summed E-state index contributed by atoms with van der Waals surface area (Å²) in [6, 6.07) is 37.6. The zero-order chi connectivity index (χ0) is 23.2. The summed E-state index contributed by atoms with van der Waals surface area (Å²) in [4.78, 5) is 9.22. The van der Waals surface area contributed by atoms with Crippen LogP contribution in [0.5, 0.6) is 0 Å². The van der Waals surface area contributed by atoms with Crippen LogP contribution >= 0.6 is 0 Å². The molecule has 5 aromatic rings. The zero-order valence-corrected chi connectivity index (χ0v) is 18.8. The van der Waals surface area contributed by atoms with Gasteiger partial charge >= 0.3 is 0 Å². The summed E-state index contributed by atoms with van der Waals surface area (Å²) < 4.78 is 6.50. The van der Waals surface area contributed by atoms with E-state index in [4.69, 9.17) is 9.40 Å². The van der Waals surface area contributed by atoms with Crippen molar-refractivity contribution in [3.05, 3.63) is 122 Å². The summed E-state index contributed by atoms with van der Waals surface area (Å²) in [6.45, 7) is 0. The Morgan fingerprint density at radius 3 is 2.09 bits per heavy atom. The van der Waals surface area contributed by atoms with Gasteiger partial charge in [0.2, 0.25) is 0 Å². The van der Waals surface area contributed by atoms with E-state index >= 15 is 0 Å². The molecule has 0 N–H and O–H groups in total. The fourth-order valence-corrected chi connectivity index (χ4v) is 4.85. The van der Waals surface area contributed by atoms with Gasteiger partial charge in [-0.15, -0.1) is 0 Å². The second-order valence-electron chi connectivity index (χ2n) is 8.68. The summed E-state index contributed by atoms with van der Waals surface area (Å²) >= 11 is 0. The van der Waals surface area contributed by atoms with Crippen LogP contribution in [0.15, 0.2) is 126 Å². The predicted molar refractivity (Wildman–Crippen MR) is 142 cm³/mol. The fraction of sp³-hybridized carbons (Fsp3) is 0. The van der Waals surface area contributed by atoms with Crippen LogP contribution in [-0.4, -0.2) is 9.97 Å². The van der Waals surface area contributed by atoms with Crippen molar-refractivity contribution < 1.29 is 4.42 Å². The van der Waals surface area contributed by atoms with Crippen molar-refractivity contribution in [1.82, 2.24) is 9.97 Å². The minimum absolute atomic E-state index is 0.839. The van der Waals surface area contributed by atoms with Crippen LogP contribution in [0.3, 0.4) is 0 Å². The molecular weight excluding hydrogens is 428 g/mol. The van der Waals surface area contributed by atoms with Crippen LogP contribution in [0.1, 0.15) is 0 Å². The summed E-state index contributed by atoms with van der Waals surface area (Å²) in [5.41, 5.74) is 9.48. The van der Waals surface area contributed by atoms with Crippen molar-refractivity contribution in [1.29, 1.82) is 0 Å². The van der Waals surface area contributed by atoms with E-state index in [0.29, 0.717) is 0 Å². The maximum atomic E-state index is 6.50. The molecule has 0 spiro atoms. The molecular formula is C32H20N2O. The molecule has 164 valence electrons. The van der Waals surface area contributed by atoms with Crippen molar-refractivity contribution in [3.8, 4) is 44.8 Å². The van der Waals surface area contributed by atoms with Gasteiger partial charge in [-0.3, -0.25) is 4.98 Å². The van der Waals surface area contributed by atoms with Crippen molar-refractivity contribution in [3.63, 3.8) is 0 Å². The summed E-state index contributed by atoms with van der Waals surface area (Å²) in [7, 11) is 0. The van der Waals surface area contributed by atoms with Crippen LogP contribution in [0.2, 0.25) is 0 Å². The first-order chi connectivity index (χ1) is 17.3. The van der Waals surface area contributed by atoms with E-state index in [1.165, 1.54) is 5.56 Å². The van der Waals surface area contributed by atoms with Gasteiger partial charge in [-0.25, -0.2) is 4.98 Å². The fourth-order valence-electron chi connectivity index (χ4n) is 4.85. The van der Waals surface area contributed by atoms with Crippen molar-refractivity contribution in [2.24, 2.45) is 0 Å². The normalized spacial score (nSPS) is 11.4. The molecule has 0 saturated carbocycles. The molecule has 0 radical (unpaired) electrons. The van der Waals surface area contributed by atoms with Gasteiger partial charge in [-0.2, -0.15) is 0 Å². The number of benzene rings is 4. The number of rotatable bonds is 3. The van der Waals surface area contributed by atoms with Gasteiger partial charge in [-0.05, 0) is 47.0 Å². The zero-order valence-electron chi connectivity index (χ0n) is 18.8. The maximum Gasteiger partial charge on any atom is 0.144 e. The summed E-state index contributed by atoms with van der Waals surface area (Å²) in [5, 5.41) is 2.14. The van der Waals surface area contributed by atoms with Gasteiger partial charge in [0.1, 0.15) is 11.3 Å². The first-order valence-electron chi connectivity index (χ1n) is 11.7. The smallest absolute Gasteiger partial charge is 0.144 e. The third-order valence-corrected chi connectivity index (χ3v) is 6.56. The van der Waals surface area contributed by atoms with Gasteiger partial charge in [-0.1, -0.05) is 78.9 Å². The van der Waals surface area contributed by atoms with E-state index < -0.39 is 0 Å². The van der Waals surface area contributed by atoms with E-state index in [1.807, 2.05) is 36.5 Å². The van der Waals surface area contributed by atoms with E-state index in [9.17, 15) is 0 Å². The number of pyridine rings is 1. The van der Waals surface area contributed by atoms with E-state index in [-0.39, 0.29) is 0 Å². The molecule has 2 aliphatic rings. The Balaban J connectivity index is 1.37. The van der Waals surface area contributed by atoms with Gasteiger partial charge < -0.3 is 4.42 Å². The lowest BCUT2D eigenvalue weighted by molar-refractivity contribution is 0.622. The second kappa shape index (κ2) is 7.93. The Hall–Kier alpha value is -4.76. The molecule has 0 bridgehead atoms. The van der Waals surface area contributed by atoms with Crippen LogP contribution < -0.4 is 0 Å². The highest BCUT2D eigenvalue weighted by Crippen LogP contribution is 2.44. The number of hydrogen-bond acceptors (Lipinski definition) is 3. The molecule has 0 fully saturated rings. The second-order valence-corrected chi connectivity index (χ2v) is 8.68. The molecule has 35 heavy (non-hydrogen) atoms. The minimum atomic E-state index is 0.839. The molecule has 0 aliphatic carbocycles. The van der Waals surface area contributed by atoms with Gasteiger partial charge in [0.25, 0.3) is 0 Å². The topological polar surface area (TPSA) is 38.9 Å². The quantitative estimate of drug-likeness (QED) is 0.272. The lowest BCUT2D eigenvalue weighted by atomic mass is 9.96. The van der Waals surface area contributed by atoms with Crippen LogP contribution in [-0.2, 0) is 0 Å². The molecule has 2 aliphatic heterocycles. The molecule has 0 atom stereocenters. The highest BCUT2D eigenvalue weighted by atomic mass is 16.3. The highest BCUT2D eigenvalue weighted by molar-refractivity contribution is 6.10. The van der Waals surface area contributed by atoms with Crippen molar-refractivity contribution in [2.45, 2.75) is 0 Å². The Bertz CT molecular complexity index is 1780. The van der Waals surface area contributed by atoms with Crippen LogP contribution in [0, 0.1) is 0 Å². The first-order valence-corrected chi connectivity index (χ1v) is 11.7. The number of nitrogens with zero attached hydrogens (tertiary/aromatic N) is 2. The standard InChI is InChI=1S/C32H20N2O/c1-3-12-28-26(10-1)30-31(34-28)27-11-2-4-13-29(27)35-32(30)22-16-14-21(15-17-22)23-7-5-8-24(19-23)25-9-6-18-33-20-25/h1-20H. The Morgan fingerprint density at radius 2 is 1.26 bits per heavy atom. The number of fused-ring (bicyclic) bond motifs is 5. The number of hydrogen-bond donors (Lipinski definition) is 0. The Kier molecular flexibility index (Phi) is 4.46. The van der Waals surface area contributed by atoms with E-state index in [1.54, 1.807) is 6.20 Å². The Morgan fingerprint density at radius 1 is 0.543 bits per heavy atom. The highest BCUT2D eigenvalue weighted by Gasteiger charge is 2.22. The van der Waals surface area contributed by atoms with Gasteiger partial charge in [0.15, 0.2) is 0 Å². The van der Waals surface area contributed by atoms with E-state index in [2.05, 4.69) is 83.8 Å². The first kappa shape index (κ1) is 19.7. The Labute approximate surface area is 202 Å². The molecule has 7 rings (SSSR count). The van der Waals surface area contributed by atoms with Crippen molar-refractivity contribution in [2.75, 3.05) is 0 Å². The number of para-hydroxylation sites is 2. The van der Waals surface area contributed by atoms with Gasteiger partial charge in [0.05, 0.1) is 16.8 Å². The lowest BCUT2D eigenvalue weighted by Crippen LogP contribution is -1.89. The molecule has 3 heteroatoms. The summed E-state index contributed by atoms with van der Waals surface area (Å²) in [5.74, 6) is 0.850. The molecule has 3 nitrogen and oxygen atoms in total. The van der Waals surface area contributed by atoms with Gasteiger partial charge in [0, 0.05) is 34.3 Å².